The molecule has 1 aromatic heterocycles. The summed E-state index contributed by atoms with van der Waals surface area (Å²) in [7, 11) is 1.54. The molecule has 1 aliphatic heterocycles. The molecule has 1 N–H and O–H groups in total. The zero-order valence-electron chi connectivity index (χ0n) is 17.0. The van der Waals surface area contributed by atoms with Crippen LogP contribution < -0.4 is 14.8 Å². The minimum Gasteiger partial charge on any atom is -0.493 e. The Morgan fingerprint density at radius 2 is 1.91 bits per heavy atom. The Hall–Kier alpha value is -2.76. The second-order valence-electron chi connectivity index (χ2n) is 6.50. The molecule has 0 radical (unpaired) electrons. The molecular formula is C19H18Cl2FN7O2S. The Balaban J connectivity index is 0.00000289. The van der Waals surface area contributed by atoms with E-state index in [-0.39, 0.29) is 18.1 Å². The number of hydrogen-bond donors (Lipinski definition) is 1. The van der Waals surface area contributed by atoms with Crippen molar-refractivity contribution in [2.75, 3.05) is 24.8 Å². The van der Waals surface area contributed by atoms with Crippen LogP contribution in [0.15, 0.2) is 57.3 Å². The molecule has 0 aliphatic carbocycles. The average Bonchev–Trinajstić information content (AvgIpc) is 3.19. The second kappa shape index (κ2) is 10.2. The van der Waals surface area contributed by atoms with Crippen LogP contribution in [-0.2, 0) is 0 Å². The van der Waals surface area contributed by atoms with Crippen LogP contribution in [0.5, 0.6) is 11.5 Å². The fourth-order valence-electron chi connectivity index (χ4n) is 2.82. The summed E-state index contributed by atoms with van der Waals surface area (Å²) in [6, 6.07) is 7.86. The van der Waals surface area contributed by atoms with Crippen molar-refractivity contribution in [1.82, 2.24) is 9.97 Å². The van der Waals surface area contributed by atoms with Gasteiger partial charge >= 0.3 is 0 Å². The fourth-order valence-corrected chi connectivity index (χ4v) is 3.73. The Morgan fingerprint density at radius 1 is 1.12 bits per heavy atom. The largest absolute Gasteiger partial charge is 0.493 e. The molecule has 4 rings (SSSR count). The van der Waals surface area contributed by atoms with Crippen molar-refractivity contribution in [3.63, 3.8) is 0 Å². The van der Waals surface area contributed by atoms with Crippen LogP contribution in [-0.4, -0.2) is 34.4 Å². The Labute approximate surface area is 198 Å². The van der Waals surface area contributed by atoms with Gasteiger partial charge in [-0.25, -0.2) is 14.4 Å². The molecule has 0 bridgehead atoms. The Bertz CT molecular complexity index is 1170. The van der Waals surface area contributed by atoms with Crippen molar-refractivity contribution >= 4 is 58.2 Å². The van der Waals surface area contributed by atoms with E-state index in [2.05, 4.69) is 36.0 Å². The maximum absolute atomic E-state index is 14.2. The second-order valence-corrected chi connectivity index (χ2v) is 8.41. The number of hydrogen-bond acceptors (Lipinski definition) is 10. The summed E-state index contributed by atoms with van der Waals surface area (Å²) >= 11 is 7.29. The van der Waals surface area contributed by atoms with Crippen molar-refractivity contribution < 1.29 is 13.9 Å². The van der Waals surface area contributed by atoms with Gasteiger partial charge in [-0.15, -0.1) is 34.4 Å². The van der Waals surface area contributed by atoms with Crippen molar-refractivity contribution in [2.45, 2.75) is 11.9 Å². The first-order chi connectivity index (χ1) is 15.0. The van der Waals surface area contributed by atoms with E-state index < -0.39 is 10.8 Å². The van der Waals surface area contributed by atoms with Gasteiger partial charge < -0.3 is 14.8 Å². The topological polar surface area (TPSA) is 106 Å². The summed E-state index contributed by atoms with van der Waals surface area (Å²) in [5, 5.41) is 18.9. The molecule has 0 saturated heterocycles. The molecule has 0 atom stereocenters. The summed E-state index contributed by atoms with van der Waals surface area (Å²) in [5.41, 5.74) is 0.858. The standard InChI is InChI=1S/C19H17ClFN7O2S.ClH/c1-19(25-27-28-26-19)31-6-5-30-17-9-15-12(8-16(17)29-2)18(23-10-22-15)24-14-4-3-11(20)7-13(14)21;/h3-4,7-10H,5-6H2,1-2H3,(H,22,23,24);1H. The lowest BCUT2D eigenvalue weighted by molar-refractivity contribution is 0.314. The van der Waals surface area contributed by atoms with E-state index in [1.807, 2.05) is 6.92 Å². The van der Waals surface area contributed by atoms with Gasteiger partial charge in [0.05, 0.1) is 24.9 Å². The molecule has 1 aliphatic rings. The number of methoxy groups -OCH3 is 1. The number of ether oxygens (including phenoxy) is 2. The number of benzene rings is 2. The number of rotatable bonds is 8. The minimum absolute atomic E-state index is 0. The molecule has 2 aromatic carbocycles. The fraction of sp³-hybridized carbons (Fsp3) is 0.263. The average molecular weight is 498 g/mol. The van der Waals surface area contributed by atoms with Gasteiger partial charge in [-0.2, -0.15) is 0 Å². The number of aromatic nitrogens is 2. The Morgan fingerprint density at radius 3 is 2.62 bits per heavy atom. The van der Waals surface area contributed by atoms with E-state index in [4.69, 9.17) is 21.1 Å². The van der Waals surface area contributed by atoms with Gasteiger partial charge in [0.15, 0.2) is 11.5 Å². The lowest BCUT2D eigenvalue weighted by Gasteiger charge is -2.15. The first-order valence-electron chi connectivity index (χ1n) is 9.13. The Kier molecular flexibility index (Phi) is 7.64. The van der Waals surface area contributed by atoms with Gasteiger partial charge in [0, 0.05) is 22.2 Å². The molecular weight excluding hydrogens is 480 g/mol. The molecule has 168 valence electrons. The highest BCUT2D eigenvalue weighted by atomic mass is 35.5. The molecule has 0 unspecified atom stereocenters. The van der Waals surface area contributed by atoms with Crippen LogP contribution >= 0.6 is 35.8 Å². The summed E-state index contributed by atoms with van der Waals surface area (Å²) in [4.78, 5) is 7.83. The molecule has 0 saturated carbocycles. The first-order valence-corrected chi connectivity index (χ1v) is 10.5. The minimum atomic E-state index is -0.707. The highest BCUT2D eigenvalue weighted by Crippen LogP contribution is 2.36. The number of thioether (sulfide) groups is 1. The van der Waals surface area contributed by atoms with E-state index >= 15 is 0 Å². The highest BCUT2D eigenvalue weighted by Gasteiger charge is 2.27. The van der Waals surface area contributed by atoms with Crippen LogP contribution in [0, 0.1) is 5.82 Å². The highest BCUT2D eigenvalue weighted by molar-refractivity contribution is 8.00. The van der Waals surface area contributed by atoms with Gasteiger partial charge in [0.1, 0.15) is 18.0 Å². The smallest absolute Gasteiger partial charge is 0.237 e. The van der Waals surface area contributed by atoms with E-state index in [0.717, 1.165) is 0 Å². The van der Waals surface area contributed by atoms with Gasteiger partial charge in [-0.05, 0) is 41.6 Å². The molecule has 0 spiro atoms. The summed E-state index contributed by atoms with van der Waals surface area (Å²) in [6.07, 6.45) is 1.39. The van der Waals surface area contributed by atoms with E-state index in [0.29, 0.717) is 45.6 Å². The molecule has 13 heteroatoms. The predicted molar refractivity (Wildman–Crippen MR) is 124 cm³/mol. The number of anilines is 2. The van der Waals surface area contributed by atoms with Crippen LogP contribution in [0.2, 0.25) is 5.02 Å². The van der Waals surface area contributed by atoms with Gasteiger partial charge in [-0.1, -0.05) is 11.6 Å². The molecule has 9 nitrogen and oxygen atoms in total. The maximum Gasteiger partial charge on any atom is 0.237 e. The third kappa shape index (κ3) is 5.34. The van der Waals surface area contributed by atoms with E-state index in [1.54, 1.807) is 31.4 Å². The first kappa shape index (κ1) is 23.9. The van der Waals surface area contributed by atoms with Crippen LogP contribution in [0.3, 0.4) is 0 Å². The van der Waals surface area contributed by atoms with E-state index in [1.165, 1.54) is 24.2 Å². The number of nitrogens with zero attached hydrogens (tertiary/aromatic N) is 6. The third-order valence-electron chi connectivity index (χ3n) is 4.32. The number of fused-ring (bicyclic) bond motifs is 1. The molecule has 3 aromatic rings. The summed E-state index contributed by atoms with van der Waals surface area (Å²) < 4.78 is 25.6. The van der Waals surface area contributed by atoms with Gasteiger partial charge in [0.2, 0.25) is 4.99 Å². The van der Waals surface area contributed by atoms with Crippen LogP contribution in [0.4, 0.5) is 15.9 Å². The van der Waals surface area contributed by atoms with Crippen LogP contribution in [0.1, 0.15) is 6.92 Å². The van der Waals surface area contributed by atoms with Crippen molar-refractivity contribution in [2.24, 2.45) is 20.7 Å². The molecule has 0 amide bonds. The molecule has 32 heavy (non-hydrogen) atoms. The van der Waals surface area contributed by atoms with Crippen LogP contribution in [0.25, 0.3) is 10.9 Å². The van der Waals surface area contributed by atoms with Crippen molar-refractivity contribution in [3.8, 4) is 11.5 Å². The third-order valence-corrected chi connectivity index (χ3v) is 5.64. The number of nitrogens with one attached hydrogen (secondary N) is 1. The van der Waals surface area contributed by atoms with Gasteiger partial charge in [-0.3, -0.25) is 0 Å². The predicted octanol–water partition coefficient (Wildman–Crippen LogP) is 6.22. The normalized spacial score (nSPS) is 13.8. The lowest BCUT2D eigenvalue weighted by Crippen LogP contribution is -2.13. The summed E-state index contributed by atoms with van der Waals surface area (Å²) in [6.45, 7) is 2.21. The van der Waals surface area contributed by atoms with Crippen molar-refractivity contribution in [1.29, 1.82) is 0 Å². The quantitative estimate of drug-likeness (QED) is 0.370. The SMILES string of the molecule is COc1cc2c(Nc3ccc(Cl)cc3F)ncnc2cc1OCCSC1(C)N=NN=N1.Cl. The zero-order chi connectivity index (χ0) is 21.8. The molecule has 2 heterocycles. The zero-order valence-corrected chi connectivity index (χ0v) is 19.3. The maximum atomic E-state index is 14.2. The molecule has 0 fully saturated rings. The lowest BCUT2D eigenvalue weighted by atomic mass is 10.2. The van der Waals surface area contributed by atoms with Crippen molar-refractivity contribution in [3.05, 3.63) is 47.5 Å². The monoisotopic (exact) mass is 497 g/mol. The van der Waals surface area contributed by atoms with E-state index in [9.17, 15) is 4.39 Å². The summed E-state index contributed by atoms with van der Waals surface area (Å²) in [5.74, 6) is 1.58. The number of halogens is 3. The van der Waals surface area contributed by atoms with Gasteiger partial charge in [0.25, 0.3) is 0 Å².